The van der Waals surface area contributed by atoms with Crippen LogP contribution in [0.4, 0.5) is 10.5 Å². The van der Waals surface area contributed by atoms with Crippen molar-refractivity contribution in [3.63, 3.8) is 0 Å². The third-order valence-electron chi connectivity index (χ3n) is 2.46. The van der Waals surface area contributed by atoms with E-state index in [0.717, 1.165) is 6.54 Å². The molecule has 0 fully saturated rings. The van der Waals surface area contributed by atoms with Crippen LogP contribution in [0.15, 0.2) is 18.3 Å². The summed E-state index contributed by atoms with van der Waals surface area (Å²) in [7, 11) is 3.91. The van der Waals surface area contributed by atoms with Gasteiger partial charge in [-0.05, 0) is 26.2 Å². The molecule has 0 aliphatic carbocycles. The molecule has 0 aliphatic rings. The highest BCUT2D eigenvalue weighted by Gasteiger charge is 2.05. The zero-order chi connectivity index (χ0) is 15.7. The molecule has 1 rings (SSSR count). The zero-order valence-corrected chi connectivity index (χ0v) is 12.1. The van der Waals surface area contributed by atoms with Crippen LogP contribution < -0.4 is 10.6 Å². The second-order valence-corrected chi connectivity index (χ2v) is 4.53. The fraction of sp³-hybridized carbons (Fsp3) is 0.462. The number of ether oxygens (including phenoxy) is 1. The topological polar surface area (TPSA) is 104 Å². The molecule has 0 spiro atoms. The molecule has 0 saturated heterocycles. The van der Waals surface area contributed by atoms with Crippen LogP contribution in [0.3, 0.4) is 0 Å². The Morgan fingerprint density at radius 2 is 2.10 bits per heavy atom. The Kier molecular flexibility index (Phi) is 7.13. The molecule has 1 heterocycles. The molecule has 0 radical (unpaired) electrons. The van der Waals surface area contributed by atoms with Gasteiger partial charge in [0.2, 0.25) is 0 Å². The number of rotatable bonds is 8. The van der Waals surface area contributed by atoms with Crippen molar-refractivity contribution in [3.8, 4) is 0 Å². The maximum Gasteiger partial charge on any atom is 0.354 e. The number of pyridine rings is 1. The number of anilines is 1. The van der Waals surface area contributed by atoms with E-state index in [0.29, 0.717) is 25.4 Å². The van der Waals surface area contributed by atoms with E-state index in [1.54, 1.807) is 0 Å². The van der Waals surface area contributed by atoms with Crippen molar-refractivity contribution in [1.29, 1.82) is 0 Å². The molecule has 1 aromatic rings. The number of nitrogens with one attached hydrogen (secondary N) is 2. The molecule has 8 nitrogen and oxygen atoms in total. The van der Waals surface area contributed by atoms with Gasteiger partial charge in [0.25, 0.3) is 0 Å². The number of carboxylic acids is 1. The van der Waals surface area contributed by atoms with Gasteiger partial charge < -0.3 is 25.4 Å². The van der Waals surface area contributed by atoms with Crippen LogP contribution in [0.2, 0.25) is 0 Å². The summed E-state index contributed by atoms with van der Waals surface area (Å²) >= 11 is 0. The Balaban J connectivity index is 2.20. The van der Waals surface area contributed by atoms with Gasteiger partial charge in [-0.1, -0.05) is 0 Å². The average Bonchev–Trinajstić information content (AvgIpc) is 2.43. The van der Waals surface area contributed by atoms with Crippen LogP contribution in [0.1, 0.15) is 10.5 Å². The molecule has 3 N–H and O–H groups in total. The molecule has 0 saturated carbocycles. The first-order valence-corrected chi connectivity index (χ1v) is 6.45. The molecule has 0 bridgehead atoms. The number of likely N-dealkylation sites (N-methyl/N-ethyl adjacent to an activating group) is 1. The Bertz CT molecular complexity index is 462. The largest absolute Gasteiger partial charge is 0.477 e. The van der Waals surface area contributed by atoms with Crippen molar-refractivity contribution in [1.82, 2.24) is 15.2 Å². The van der Waals surface area contributed by atoms with Gasteiger partial charge >= 0.3 is 12.0 Å². The van der Waals surface area contributed by atoms with Crippen LogP contribution in [0, 0.1) is 0 Å². The number of aromatic nitrogens is 1. The monoisotopic (exact) mass is 296 g/mol. The Labute approximate surface area is 123 Å². The van der Waals surface area contributed by atoms with Gasteiger partial charge in [0.1, 0.15) is 5.69 Å². The number of hydrogen-bond donors (Lipinski definition) is 3. The van der Waals surface area contributed by atoms with Crippen molar-refractivity contribution in [3.05, 3.63) is 24.0 Å². The minimum atomic E-state index is -1.11. The maximum absolute atomic E-state index is 11.5. The van der Waals surface area contributed by atoms with Gasteiger partial charge in [0.15, 0.2) is 0 Å². The minimum absolute atomic E-state index is 0.0738. The van der Waals surface area contributed by atoms with Crippen LogP contribution in [0.5, 0.6) is 0 Å². The van der Waals surface area contributed by atoms with Crippen molar-refractivity contribution in [2.24, 2.45) is 0 Å². The number of carbonyl (C=O) groups excluding carboxylic acids is 1. The van der Waals surface area contributed by atoms with E-state index in [9.17, 15) is 9.59 Å². The Morgan fingerprint density at radius 3 is 2.67 bits per heavy atom. The van der Waals surface area contributed by atoms with E-state index < -0.39 is 12.0 Å². The number of urea groups is 1. The zero-order valence-electron chi connectivity index (χ0n) is 12.1. The number of hydrogen-bond acceptors (Lipinski definition) is 5. The maximum atomic E-state index is 11.5. The van der Waals surface area contributed by atoms with E-state index in [4.69, 9.17) is 9.84 Å². The molecular formula is C13H20N4O4. The third kappa shape index (κ3) is 7.23. The summed E-state index contributed by atoms with van der Waals surface area (Å²) in [6.07, 6.45) is 1.29. The first-order valence-electron chi connectivity index (χ1n) is 6.45. The van der Waals surface area contributed by atoms with Crippen molar-refractivity contribution in [2.45, 2.75) is 0 Å². The second kappa shape index (κ2) is 8.88. The number of carboxylic acid groups (broad SMARTS) is 1. The molecule has 0 aromatic carbocycles. The van der Waals surface area contributed by atoms with Gasteiger partial charge in [-0.25, -0.2) is 14.6 Å². The number of nitrogens with zero attached hydrogens (tertiary/aromatic N) is 2. The fourth-order valence-corrected chi connectivity index (χ4v) is 1.36. The highest BCUT2D eigenvalue weighted by atomic mass is 16.5. The molecular weight excluding hydrogens is 276 g/mol. The summed E-state index contributed by atoms with van der Waals surface area (Å²) in [4.78, 5) is 27.9. The summed E-state index contributed by atoms with van der Waals surface area (Å²) in [6, 6.07) is 2.41. The van der Waals surface area contributed by atoms with E-state index in [1.807, 2.05) is 19.0 Å². The quantitative estimate of drug-likeness (QED) is 0.603. The molecule has 2 amide bonds. The van der Waals surface area contributed by atoms with Crippen molar-refractivity contribution in [2.75, 3.05) is 45.7 Å². The first-order chi connectivity index (χ1) is 9.99. The molecule has 0 aliphatic heterocycles. The lowest BCUT2D eigenvalue weighted by Gasteiger charge is -2.10. The molecule has 0 unspecified atom stereocenters. The Hall–Kier alpha value is -2.19. The van der Waals surface area contributed by atoms with E-state index in [-0.39, 0.29) is 5.69 Å². The highest BCUT2D eigenvalue weighted by Crippen LogP contribution is 2.05. The van der Waals surface area contributed by atoms with Crippen molar-refractivity contribution >= 4 is 17.7 Å². The second-order valence-electron chi connectivity index (χ2n) is 4.53. The molecule has 1 aromatic heterocycles. The van der Waals surface area contributed by atoms with Gasteiger partial charge in [-0.2, -0.15) is 0 Å². The number of amides is 2. The van der Waals surface area contributed by atoms with E-state index in [2.05, 4.69) is 15.6 Å². The fourth-order valence-electron chi connectivity index (χ4n) is 1.36. The predicted octanol–water partition coefficient (Wildman–Crippen LogP) is 0.480. The summed E-state index contributed by atoms with van der Waals surface area (Å²) in [5.41, 5.74) is 0.348. The van der Waals surface area contributed by atoms with Gasteiger partial charge in [0, 0.05) is 13.1 Å². The Morgan fingerprint density at radius 1 is 1.33 bits per heavy atom. The van der Waals surface area contributed by atoms with E-state index >= 15 is 0 Å². The SMILES string of the molecule is CN(C)CCOCCNC(=O)Nc1ccc(C(=O)O)nc1. The molecule has 0 atom stereocenters. The highest BCUT2D eigenvalue weighted by molar-refractivity contribution is 5.90. The van der Waals surface area contributed by atoms with Crippen LogP contribution in [-0.2, 0) is 4.74 Å². The normalized spacial score (nSPS) is 10.4. The lowest BCUT2D eigenvalue weighted by atomic mass is 10.3. The lowest BCUT2D eigenvalue weighted by Crippen LogP contribution is -2.32. The summed E-state index contributed by atoms with van der Waals surface area (Å²) < 4.78 is 5.33. The molecule has 8 heteroatoms. The average molecular weight is 296 g/mol. The van der Waals surface area contributed by atoms with Gasteiger partial charge in [-0.15, -0.1) is 0 Å². The summed E-state index contributed by atoms with van der Waals surface area (Å²) in [5.74, 6) is -1.11. The number of carbonyl (C=O) groups is 2. The van der Waals surface area contributed by atoms with Crippen LogP contribution in [-0.4, -0.2) is 67.4 Å². The van der Waals surface area contributed by atoms with E-state index in [1.165, 1.54) is 18.3 Å². The minimum Gasteiger partial charge on any atom is -0.477 e. The smallest absolute Gasteiger partial charge is 0.354 e. The lowest BCUT2D eigenvalue weighted by molar-refractivity contribution is 0.0690. The first kappa shape index (κ1) is 16.9. The van der Waals surface area contributed by atoms with Crippen molar-refractivity contribution < 1.29 is 19.4 Å². The van der Waals surface area contributed by atoms with Crippen LogP contribution in [0.25, 0.3) is 0 Å². The molecule has 116 valence electrons. The summed E-state index contributed by atoms with van der Waals surface area (Å²) in [6.45, 7) is 2.25. The van der Waals surface area contributed by atoms with Gasteiger partial charge in [0.05, 0.1) is 25.1 Å². The standard InChI is InChI=1S/C13H20N4O4/c1-17(2)6-8-21-7-5-14-13(20)16-10-3-4-11(12(18)19)15-9-10/h3-4,9H,5-8H2,1-2H3,(H,18,19)(H2,14,16,20). The van der Waals surface area contributed by atoms with Crippen LogP contribution >= 0.6 is 0 Å². The summed E-state index contributed by atoms with van der Waals surface area (Å²) in [5, 5.41) is 13.9. The predicted molar refractivity (Wildman–Crippen MR) is 77.6 cm³/mol. The van der Waals surface area contributed by atoms with Gasteiger partial charge in [-0.3, -0.25) is 0 Å². The number of aromatic carboxylic acids is 1. The third-order valence-corrected chi connectivity index (χ3v) is 2.46. The molecule has 21 heavy (non-hydrogen) atoms.